The third-order valence-corrected chi connectivity index (χ3v) is 5.57. The number of nitrogens with two attached hydrogens (primary N) is 2. The van der Waals surface area contributed by atoms with Crippen LogP contribution in [-0.2, 0) is 9.47 Å². The van der Waals surface area contributed by atoms with E-state index in [9.17, 15) is 9.18 Å². The molecule has 2 aromatic heterocycles. The number of rotatable bonds is 8. The Morgan fingerprint density at radius 2 is 2.03 bits per heavy atom. The molecular weight excluding hydrogens is 495 g/mol. The van der Waals surface area contributed by atoms with Crippen molar-refractivity contribution in [1.29, 1.82) is 0 Å². The van der Waals surface area contributed by atoms with Gasteiger partial charge in [0.15, 0.2) is 12.0 Å². The van der Waals surface area contributed by atoms with E-state index in [2.05, 4.69) is 25.3 Å². The van der Waals surface area contributed by atoms with E-state index in [0.717, 1.165) is 0 Å². The van der Waals surface area contributed by atoms with E-state index >= 15 is 0 Å². The summed E-state index contributed by atoms with van der Waals surface area (Å²) in [6.45, 7) is 8.64. The summed E-state index contributed by atoms with van der Waals surface area (Å²) < 4.78 is 30.5. The fourth-order valence-electron chi connectivity index (χ4n) is 3.55. The number of carbonyl (C=O) groups excluding carboxylic acids is 1. The minimum Gasteiger partial charge on any atom is -0.485 e. The SMILES string of the molecule is CC(F)c1nc(N)cc(Nc2cc(OC3COC3)c(/C(C=NC3CN(C(=O)OC(C)(C)C)C3)=C/N)cn2)n1. The second kappa shape index (κ2) is 11.2. The molecule has 1 unspecified atom stereocenters. The van der Waals surface area contributed by atoms with Gasteiger partial charge in [-0.25, -0.2) is 24.1 Å². The van der Waals surface area contributed by atoms with Crippen molar-refractivity contribution < 1.29 is 23.4 Å². The van der Waals surface area contributed by atoms with Gasteiger partial charge in [0, 0.05) is 55.0 Å². The van der Waals surface area contributed by atoms with E-state index in [1.807, 2.05) is 20.8 Å². The van der Waals surface area contributed by atoms with Crippen molar-refractivity contribution in [2.24, 2.45) is 10.7 Å². The number of nitrogen functional groups attached to an aromatic ring is 1. The van der Waals surface area contributed by atoms with Gasteiger partial charge in [0.1, 0.15) is 34.9 Å². The number of pyridine rings is 1. The standard InChI is InChI=1S/C25H33FN8O4/c1-14(26)23-31-20(28)6-22(33-23)32-21-5-19(37-17-12-36-13-17)18(9-30-21)15(7-27)8-29-16-10-34(11-16)24(35)38-25(2,3)4/h5-9,14,16-17H,10-13,27H2,1-4H3,(H3,28,30,31,32,33)/b15-7+,29-8?. The molecule has 0 aromatic carbocycles. The quantitative estimate of drug-likeness (QED) is 0.434. The molecular formula is C25H33FN8O4. The van der Waals surface area contributed by atoms with Crippen molar-refractivity contribution in [2.45, 2.75) is 51.6 Å². The Balaban J connectivity index is 1.49. The van der Waals surface area contributed by atoms with E-state index in [1.54, 1.807) is 23.4 Å². The van der Waals surface area contributed by atoms with Gasteiger partial charge in [-0.2, -0.15) is 0 Å². The number of allylic oxidation sites excluding steroid dienone is 1. The number of ether oxygens (including phenoxy) is 3. The molecule has 2 saturated heterocycles. The first-order valence-corrected chi connectivity index (χ1v) is 12.2. The highest BCUT2D eigenvalue weighted by Gasteiger charge is 2.33. The largest absolute Gasteiger partial charge is 0.485 e. The van der Waals surface area contributed by atoms with Crippen molar-refractivity contribution in [1.82, 2.24) is 19.9 Å². The van der Waals surface area contributed by atoms with Gasteiger partial charge in [0.05, 0.1) is 19.3 Å². The van der Waals surface area contributed by atoms with Crippen LogP contribution >= 0.6 is 0 Å². The van der Waals surface area contributed by atoms with Crippen LogP contribution in [0.25, 0.3) is 5.57 Å². The van der Waals surface area contributed by atoms with Crippen LogP contribution in [0.4, 0.5) is 26.6 Å². The lowest BCUT2D eigenvalue weighted by Crippen LogP contribution is -2.54. The van der Waals surface area contributed by atoms with E-state index in [4.69, 9.17) is 25.7 Å². The molecule has 1 atom stereocenters. The van der Waals surface area contributed by atoms with Crippen molar-refractivity contribution in [2.75, 3.05) is 37.4 Å². The lowest BCUT2D eigenvalue weighted by molar-refractivity contribution is -0.0797. The molecule has 0 spiro atoms. The van der Waals surface area contributed by atoms with Crippen molar-refractivity contribution in [3.05, 3.63) is 35.9 Å². The van der Waals surface area contributed by atoms with Crippen LogP contribution in [0.2, 0.25) is 0 Å². The number of aliphatic imine (C=N–C) groups is 1. The summed E-state index contributed by atoms with van der Waals surface area (Å²) in [6, 6.07) is 3.10. The summed E-state index contributed by atoms with van der Waals surface area (Å²) in [4.78, 5) is 30.8. The molecule has 0 bridgehead atoms. The van der Waals surface area contributed by atoms with Crippen LogP contribution in [0.3, 0.4) is 0 Å². The zero-order valence-corrected chi connectivity index (χ0v) is 21.8. The maximum atomic E-state index is 13.7. The summed E-state index contributed by atoms with van der Waals surface area (Å²) >= 11 is 0. The number of alkyl halides is 1. The van der Waals surface area contributed by atoms with Gasteiger partial charge in [-0.1, -0.05) is 0 Å². The fraction of sp³-hybridized carbons (Fsp3) is 0.480. The van der Waals surface area contributed by atoms with Crippen LogP contribution in [0.5, 0.6) is 5.75 Å². The number of nitrogens with zero attached hydrogens (tertiary/aromatic N) is 5. The van der Waals surface area contributed by atoms with Gasteiger partial charge < -0.3 is 35.9 Å². The first-order chi connectivity index (χ1) is 18.0. The lowest BCUT2D eigenvalue weighted by atomic mass is 10.1. The number of amides is 1. The molecule has 38 heavy (non-hydrogen) atoms. The fourth-order valence-corrected chi connectivity index (χ4v) is 3.55. The summed E-state index contributed by atoms with van der Waals surface area (Å²) in [7, 11) is 0. The number of aromatic nitrogens is 3. The monoisotopic (exact) mass is 528 g/mol. The van der Waals surface area contributed by atoms with Gasteiger partial charge >= 0.3 is 6.09 Å². The Hall–Kier alpha value is -4.00. The molecule has 2 aromatic rings. The number of hydrogen-bond donors (Lipinski definition) is 3. The molecule has 0 saturated carbocycles. The Labute approximate surface area is 220 Å². The van der Waals surface area contributed by atoms with E-state index in [0.29, 0.717) is 54.8 Å². The average Bonchev–Trinajstić information content (AvgIpc) is 2.76. The molecule has 12 nitrogen and oxygen atoms in total. The van der Waals surface area contributed by atoms with Crippen LogP contribution in [0.15, 0.2) is 29.5 Å². The smallest absolute Gasteiger partial charge is 0.410 e. The van der Waals surface area contributed by atoms with Crippen molar-refractivity contribution in [3.63, 3.8) is 0 Å². The van der Waals surface area contributed by atoms with Gasteiger partial charge in [0.25, 0.3) is 0 Å². The summed E-state index contributed by atoms with van der Waals surface area (Å²) in [5, 5.41) is 3.02. The molecule has 2 fully saturated rings. The molecule has 13 heteroatoms. The number of hydrogen-bond acceptors (Lipinski definition) is 11. The predicted molar refractivity (Wildman–Crippen MR) is 141 cm³/mol. The molecule has 204 valence electrons. The minimum absolute atomic E-state index is 0.0296. The number of halogens is 1. The summed E-state index contributed by atoms with van der Waals surface area (Å²) in [5.41, 5.74) is 12.4. The Kier molecular flexibility index (Phi) is 7.95. The third kappa shape index (κ3) is 6.85. The second-order valence-electron chi connectivity index (χ2n) is 10.1. The van der Waals surface area contributed by atoms with E-state index in [1.165, 1.54) is 19.2 Å². The van der Waals surface area contributed by atoms with Crippen LogP contribution in [-0.4, -0.2) is 76.2 Å². The molecule has 4 heterocycles. The zero-order chi connectivity index (χ0) is 27.4. The van der Waals surface area contributed by atoms with Crippen LogP contribution in [0, 0.1) is 0 Å². The number of nitrogens with one attached hydrogen (secondary N) is 1. The number of likely N-dealkylation sites (tertiary alicyclic amines) is 1. The first-order valence-electron chi connectivity index (χ1n) is 12.2. The van der Waals surface area contributed by atoms with E-state index < -0.39 is 11.8 Å². The van der Waals surface area contributed by atoms with Crippen molar-refractivity contribution >= 4 is 35.3 Å². The maximum absolute atomic E-state index is 13.7. The third-order valence-electron chi connectivity index (χ3n) is 5.57. The Bertz CT molecular complexity index is 1220. The topological polar surface area (TPSA) is 163 Å². The lowest BCUT2D eigenvalue weighted by Gasteiger charge is -2.37. The maximum Gasteiger partial charge on any atom is 0.410 e. The van der Waals surface area contributed by atoms with Gasteiger partial charge in [-0.3, -0.25) is 4.99 Å². The van der Waals surface area contributed by atoms with Crippen LogP contribution in [0.1, 0.15) is 45.3 Å². The highest BCUT2D eigenvalue weighted by Crippen LogP contribution is 2.30. The number of anilines is 3. The molecule has 4 rings (SSSR count). The molecule has 1 amide bonds. The van der Waals surface area contributed by atoms with Crippen molar-refractivity contribution in [3.8, 4) is 5.75 Å². The second-order valence-corrected chi connectivity index (χ2v) is 10.1. The molecule has 5 N–H and O–H groups in total. The zero-order valence-electron chi connectivity index (χ0n) is 21.8. The van der Waals surface area contributed by atoms with E-state index in [-0.39, 0.29) is 29.9 Å². The normalized spacial score (nSPS) is 17.6. The number of carbonyl (C=O) groups is 1. The Morgan fingerprint density at radius 1 is 1.29 bits per heavy atom. The van der Waals surface area contributed by atoms with Gasteiger partial charge in [-0.15, -0.1) is 0 Å². The molecule has 0 radical (unpaired) electrons. The van der Waals surface area contributed by atoms with Gasteiger partial charge in [0.2, 0.25) is 0 Å². The summed E-state index contributed by atoms with van der Waals surface area (Å²) in [6.07, 6.45) is 2.80. The molecule has 0 aliphatic carbocycles. The highest BCUT2D eigenvalue weighted by molar-refractivity contribution is 6.10. The molecule has 2 aliphatic heterocycles. The average molecular weight is 529 g/mol. The van der Waals surface area contributed by atoms with Gasteiger partial charge in [-0.05, 0) is 27.7 Å². The minimum atomic E-state index is -1.38. The molecule has 2 aliphatic rings. The highest BCUT2D eigenvalue weighted by atomic mass is 19.1. The van der Waals surface area contributed by atoms with Crippen LogP contribution < -0.4 is 21.5 Å². The predicted octanol–water partition coefficient (Wildman–Crippen LogP) is 3.00. The summed E-state index contributed by atoms with van der Waals surface area (Å²) in [5.74, 6) is 1.31. The Morgan fingerprint density at radius 3 is 2.63 bits per heavy atom. The first kappa shape index (κ1) is 27.0.